The summed E-state index contributed by atoms with van der Waals surface area (Å²) in [5, 5.41) is 5.03. The number of pyridine rings is 1. The molecule has 1 heterocycles. The van der Waals surface area contributed by atoms with Crippen molar-refractivity contribution in [1.82, 2.24) is 4.98 Å². The topological polar surface area (TPSA) is 71.1 Å². The molecule has 5 nitrogen and oxygen atoms in total. The predicted molar refractivity (Wildman–Crippen MR) is 52.8 cm³/mol. The smallest absolute Gasteiger partial charge is 0.222 e. The van der Waals surface area contributed by atoms with Crippen LogP contribution < -0.4 is 10.6 Å². The van der Waals surface area contributed by atoms with Gasteiger partial charge in [0.25, 0.3) is 0 Å². The van der Waals surface area contributed by atoms with Crippen molar-refractivity contribution in [2.75, 3.05) is 10.6 Å². The third-order valence-corrected chi connectivity index (χ3v) is 1.36. The van der Waals surface area contributed by atoms with E-state index in [2.05, 4.69) is 15.6 Å². The van der Waals surface area contributed by atoms with Gasteiger partial charge in [-0.3, -0.25) is 9.59 Å². The highest BCUT2D eigenvalue weighted by Crippen LogP contribution is 2.08. The van der Waals surface area contributed by atoms with Crippen molar-refractivity contribution in [1.29, 1.82) is 0 Å². The number of carbonyl (C=O) groups is 2. The Bertz CT molecular complexity index is 332. The van der Waals surface area contributed by atoms with E-state index in [0.717, 1.165) is 0 Å². The lowest BCUT2D eigenvalue weighted by Gasteiger charge is -2.04. The van der Waals surface area contributed by atoms with Gasteiger partial charge in [0.1, 0.15) is 11.6 Å². The zero-order valence-electron chi connectivity index (χ0n) is 8.00. The number of anilines is 2. The summed E-state index contributed by atoms with van der Waals surface area (Å²) in [6.07, 6.45) is 0. The van der Waals surface area contributed by atoms with Crippen molar-refractivity contribution in [3.63, 3.8) is 0 Å². The summed E-state index contributed by atoms with van der Waals surface area (Å²) in [5.74, 6) is 0.447. The average Bonchev–Trinajstić information content (AvgIpc) is 2.01. The first-order valence-corrected chi connectivity index (χ1v) is 4.10. The van der Waals surface area contributed by atoms with Crippen LogP contribution in [0, 0.1) is 0 Å². The van der Waals surface area contributed by atoms with E-state index in [1.54, 1.807) is 18.2 Å². The van der Waals surface area contributed by atoms with E-state index in [-0.39, 0.29) is 11.8 Å². The molecule has 5 heteroatoms. The van der Waals surface area contributed by atoms with E-state index in [1.807, 2.05) is 0 Å². The zero-order valence-corrected chi connectivity index (χ0v) is 8.00. The quantitative estimate of drug-likeness (QED) is 0.736. The maximum atomic E-state index is 10.7. The number of carbonyl (C=O) groups excluding carboxylic acids is 2. The Labute approximate surface area is 81.5 Å². The van der Waals surface area contributed by atoms with Crippen LogP contribution >= 0.6 is 0 Å². The lowest BCUT2D eigenvalue weighted by Crippen LogP contribution is -2.11. The second kappa shape index (κ2) is 4.36. The molecule has 14 heavy (non-hydrogen) atoms. The molecule has 0 fully saturated rings. The minimum absolute atomic E-state index is 0.197. The molecule has 0 unspecified atom stereocenters. The highest BCUT2D eigenvalue weighted by Gasteiger charge is 1.99. The minimum atomic E-state index is -0.197. The Morgan fingerprint density at radius 3 is 1.86 bits per heavy atom. The van der Waals surface area contributed by atoms with Gasteiger partial charge in [0.15, 0.2) is 0 Å². The van der Waals surface area contributed by atoms with E-state index in [0.29, 0.717) is 11.6 Å². The molecule has 74 valence electrons. The van der Waals surface area contributed by atoms with Gasteiger partial charge in [0.05, 0.1) is 0 Å². The minimum Gasteiger partial charge on any atom is -0.311 e. The van der Waals surface area contributed by atoms with Gasteiger partial charge >= 0.3 is 0 Å². The Kier molecular flexibility index (Phi) is 3.17. The maximum absolute atomic E-state index is 10.7. The molecule has 0 aliphatic heterocycles. The van der Waals surface area contributed by atoms with Gasteiger partial charge in [-0.1, -0.05) is 6.07 Å². The lowest BCUT2D eigenvalue weighted by molar-refractivity contribution is -0.115. The fraction of sp³-hybridized carbons (Fsp3) is 0.222. The van der Waals surface area contributed by atoms with Crippen LogP contribution in [0.1, 0.15) is 13.8 Å². The number of rotatable bonds is 2. The Balaban J connectivity index is 2.78. The van der Waals surface area contributed by atoms with Crippen LogP contribution in [0.25, 0.3) is 0 Å². The van der Waals surface area contributed by atoms with Crippen molar-refractivity contribution < 1.29 is 9.59 Å². The van der Waals surface area contributed by atoms with E-state index in [9.17, 15) is 9.59 Å². The van der Waals surface area contributed by atoms with Crippen LogP contribution in [0.4, 0.5) is 11.6 Å². The molecule has 0 bridgehead atoms. The molecule has 0 saturated heterocycles. The molecular formula is C9H11N3O2. The number of hydrogen-bond acceptors (Lipinski definition) is 3. The summed E-state index contributed by atoms with van der Waals surface area (Å²) in [6.45, 7) is 2.79. The van der Waals surface area contributed by atoms with Crippen LogP contribution in [-0.4, -0.2) is 16.8 Å². The Morgan fingerprint density at radius 2 is 1.50 bits per heavy atom. The van der Waals surface area contributed by atoms with Gasteiger partial charge in [-0.25, -0.2) is 4.98 Å². The molecule has 2 amide bonds. The number of nitrogens with one attached hydrogen (secondary N) is 2. The summed E-state index contributed by atoms with van der Waals surface area (Å²) in [4.78, 5) is 25.4. The van der Waals surface area contributed by atoms with Gasteiger partial charge in [-0.15, -0.1) is 0 Å². The first kappa shape index (κ1) is 10.2. The number of amides is 2. The number of hydrogen-bond donors (Lipinski definition) is 2. The van der Waals surface area contributed by atoms with Crippen LogP contribution in [0.3, 0.4) is 0 Å². The van der Waals surface area contributed by atoms with E-state index in [1.165, 1.54) is 13.8 Å². The van der Waals surface area contributed by atoms with Crippen LogP contribution in [-0.2, 0) is 9.59 Å². The zero-order chi connectivity index (χ0) is 10.6. The van der Waals surface area contributed by atoms with Crippen molar-refractivity contribution in [2.24, 2.45) is 0 Å². The molecule has 0 aromatic carbocycles. The molecular weight excluding hydrogens is 182 g/mol. The van der Waals surface area contributed by atoms with Crippen molar-refractivity contribution in [3.8, 4) is 0 Å². The van der Waals surface area contributed by atoms with Gasteiger partial charge in [0, 0.05) is 13.8 Å². The molecule has 1 rings (SSSR count). The molecule has 0 saturated carbocycles. The Morgan fingerprint density at radius 1 is 1.07 bits per heavy atom. The van der Waals surface area contributed by atoms with Gasteiger partial charge in [0.2, 0.25) is 11.8 Å². The third-order valence-electron chi connectivity index (χ3n) is 1.36. The molecule has 0 atom stereocenters. The van der Waals surface area contributed by atoms with Gasteiger partial charge in [-0.05, 0) is 12.1 Å². The van der Waals surface area contributed by atoms with Crippen molar-refractivity contribution in [2.45, 2.75) is 13.8 Å². The predicted octanol–water partition coefficient (Wildman–Crippen LogP) is 0.998. The fourth-order valence-corrected chi connectivity index (χ4v) is 0.935. The molecule has 0 aliphatic carbocycles. The van der Waals surface area contributed by atoms with E-state index >= 15 is 0 Å². The molecule has 1 aromatic rings. The normalized spacial score (nSPS) is 9.29. The lowest BCUT2D eigenvalue weighted by atomic mass is 10.4. The third kappa shape index (κ3) is 3.22. The van der Waals surface area contributed by atoms with Crippen molar-refractivity contribution >= 4 is 23.5 Å². The summed E-state index contributed by atoms with van der Waals surface area (Å²) in [6, 6.07) is 4.99. The van der Waals surface area contributed by atoms with Gasteiger partial charge < -0.3 is 10.6 Å². The first-order chi connectivity index (χ1) is 6.58. The standard InChI is InChI=1S/C9H11N3O2/c1-6(13)10-8-4-3-5-9(12-8)11-7(2)14/h3-5H,1-2H3,(H2,10,11,12,13,14). The molecule has 0 radical (unpaired) electrons. The van der Waals surface area contributed by atoms with Crippen LogP contribution in [0.2, 0.25) is 0 Å². The second-order valence-electron chi connectivity index (χ2n) is 2.77. The summed E-state index contributed by atoms with van der Waals surface area (Å²) in [5.41, 5.74) is 0. The largest absolute Gasteiger partial charge is 0.311 e. The monoisotopic (exact) mass is 193 g/mol. The molecule has 2 N–H and O–H groups in total. The summed E-state index contributed by atoms with van der Waals surface area (Å²) in [7, 11) is 0. The second-order valence-corrected chi connectivity index (χ2v) is 2.77. The number of aromatic nitrogens is 1. The maximum Gasteiger partial charge on any atom is 0.222 e. The van der Waals surface area contributed by atoms with E-state index < -0.39 is 0 Å². The first-order valence-electron chi connectivity index (χ1n) is 4.10. The average molecular weight is 193 g/mol. The summed E-state index contributed by atoms with van der Waals surface area (Å²) >= 11 is 0. The molecule has 1 aromatic heterocycles. The van der Waals surface area contributed by atoms with E-state index in [4.69, 9.17) is 0 Å². The molecule has 0 spiro atoms. The number of nitrogens with zero attached hydrogens (tertiary/aromatic N) is 1. The highest BCUT2D eigenvalue weighted by atomic mass is 16.2. The van der Waals surface area contributed by atoms with Crippen molar-refractivity contribution in [3.05, 3.63) is 18.2 Å². The SMILES string of the molecule is CC(=O)Nc1cccc(NC(C)=O)n1. The van der Waals surface area contributed by atoms with Gasteiger partial charge in [-0.2, -0.15) is 0 Å². The van der Waals surface area contributed by atoms with Crippen LogP contribution in [0.15, 0.2) is 18.2 Å². The summed E-state index contributed by atoms with van der Waals surface area (Å²) < 4.78 is 0. The Hall–Kier alpha value is -1.91. The fourth-order valence-electron chi connectivity index (χ4n) is 0.935. The molecule has 0 aliphatic rings. The highest BCUT2D eigenvalue weighted by molar-refractivity contribution is 5.89. The van der Waals surface area contributed by atoms with Crippen LogP contribution in [0.5, 0.6) is 0 Å².